The van der Waals surface area contributed by atoms with E-state index in [9.17, 15) is 8.42 Å². The molecule has 0 saturated carbocycles. The number of rotatable bonds is 10. The summed E-state index contributed by atoms with van der Waals surface area (Å²) in [7, 11) is -1.76. The predicted molar refractivity (Wildman–Crippen MR) is 87.3 cm³/mol. The van der Waals surface area contributed by atoms with Gasteiger partial charge < -0.3 is 10.1 Å². The maximum absolute atomic E-state index is 12.3. The number of ether oxygens (including phenoxy) is 1. The molecule has 0 aliphatic rings. The van der Waals surface area contributed by atoms with E-state index in [2.05, 4.69) is 23.9 Å². The van der Waals surface area contributed by atoms with Gasteiger partial charge >= 0.3 is 0 Å². The molecule has 0 unspecified atom stereocenters. The van der Waals surface area contributed by atoms with Gasteiger partial charge in [0.2, 0.25) is 10.0 Å². The van der Waals surface area contributed by atoms with Crippen molar-refractivity contribution in [3.8, 4) is 0 Å². The third-order valence-electron chi connectivity index (χ3n) is 2.96. The molecule has 122 valence electrons. The molecule has 0 saturated heterocycles. The van der Waals surface area contributed by atoms with Crippen LogP contribution in [-0.2, 0) is 21.3 Å². The van der Waals surface area contributed by atoms with Crippen LogP contribution >= 0.6 is 11.3 Å². The third-order valence-corrected chi connectivity index (χ3v) is 5.73. The highest BCUT2D eigenvalue weighted by Crippen LogP contribution is 2.25. The number of sulfonamides is 1. The van der Waals surface area contributed by atoms with Gasteiger partial charge in [-0.05, 0) is 25.8 Å². The minimum Gasteiger partial charge on any atom is -0.385 e. The van der Waals surface area contributed by atoms with E-state index in [-0.39, 0.29) is 0 Å². The van der Waals surface area contributed by atoms with Crippen LogP contribution in [0, 0.1) is 6.92 Å². The summed E-state index contributed by atoms with van der Waals surface area (Å²) in [5.74, 6) is 0. The summed E-state index contributed by atoms with van der Waals surface area (Å²) in [6.45, 7) is 7.79. The fraction of sp³-hybridized carbons (Fsp3) is 0.714. The van der Waals surface area contributed by atoms with E-state index in [1.807, 2.05) is 6.92 Å². The van der Waals surface area contributed by atoms with Gasteiger partial charge in [-0.15, -0.1) is 11.3 Å². The first-order valence-corrected chi connectivity index (χ1v) is 9.48. The molecule has 21 heavy (non-hydrogen) atoms. The summed E-state index contributed by atoms with van der Waals surface area (Å²) >= 11 is 1.53. The Morgan fingerprint density at radius 1 is 1.33 bits per heavy atom. The zero-order valence-corrected chi connectivity index (χ0v) is 14.9. The van der Waals surface area contributed by atoms with Gasteiger partial charge in [-0.1, -0.05) is 13.8 Å². The molecule has 1 aromatic heterocycles. The van der Waals surface area contributed by atoms with E-state index in [4.69, 9.17) is 4.74 Å². The molecule has 1 heterocycles. The Balaban J connectivity index is 2.61. The Morgan fingerprint density at radius 3 is 2.67 bits per heavy atom. The molecule has 7 heteroatoms. The van der Waals surface area contributed by atoms with E-state index in [1.54, 1.807) is 13.2 Å². The summed E-state index contributed by atoms with van der Waals surface area (Å²) in [6.07, 6.45) is 1.63. The van der Waals surface area contributed by atoms with Gasteiger partial charge in [-0.2, -0.15) is 0 Å². The van der Waals surface area contributed by atoms with E-state index >= 15 is 0 Å². The molecule has 0 atom stereocenters. The maximum atomic E-state index is 12.3. The van der Waals surface area contributed by atoms with Crippen LogP contribution in [0.3, 0.4) is 0 Å². The highest BCUT2D eigenvalue weighted by Gasteiger charge is 2.19. The van der Waals surface area contributed by atoms with Gasteiger partial charge in [0.1, 0.15) is 0 Å². The van der Waals surface area contributed by atoms with Gasteiger partial charge in [0, 0.05) is 42.6 Å². The molecule has 0 bridgehead atoms. The average molecular weight is 335 g/mol. The highest BCUT2D eigenvalue weighted by atomic mass is 32.2. The minimum atomic E-state index is -3.40. The summed E-state index contributed by atoms with van der Waals surface area (Å²) in [4.78, 5) is 2.28. The molecule has 2 N–H and O–H groups in total. The van der Waals surface area contributed by atoms with E-state index in [1.165, 1.54) is 11.3 Å². The fourth-order valence-electron chi connectivity index (χ4n) is 1.84. The summed E-state index contributed by atoms with van der Waals surface area (Å²) in [5, 5.41) is 3.30. The average Bonchev–Trinajstić information content (AvgIpc) is 2.78. The third kappa shape index (κ3) is 6.44. The molecule has 0 amide bonds. The van der Waals surface area contributed by atoms with Crippen LogP contribution in [0.4, 0.5) is 0 Å². The van der Waals surface area contributed by atoms with E-state index in [0.29, 0.717) is 30.6 Å². The topological polar surface area (TPSA) is 67.4 Å². The predicted octanol–water partition coefficient (Wildman–Crippen LogP) is 2.26. The number of hydrogen-bond donors (Lipinski definition) is 2. The first kappa shape index (κ1) is 18.6. The van der Waals surface area contributed by atoms with Crippen molar-refractivity contribution in [2.45, 2.75) is 51.1 Å². The number of hydrogen-bond acceptors (Lipinski definition) is 5. The van der Waals surface area contributed by atoms with Crippen LogP contribution in [0.1, 0.15) is 36.4 Å². The molecular weight excluding hydrogens is 308 g/mol. The Kier molecular flexibility index (Phi) is 7.83. The summed E-state index contributed by atoms with van der Waals surface area (Å²) in [6, 6.07) is 2.15. The highest BCUT2D eigenvalue weighted by molar-refractivity contribution is 7.89. The van der Waals surface area contributed by atoms with Gasteiger partial charge in [0.15, 0.2) is 0 Å². The molecule has 0 spiro atoms. The van der Waals surface area contributed by atoms with Crippen LogP contribution in [0.5, 0.6) is 0 Å². The SMILES string of the molecule is COCCCCNS(=O)(=O)c1cc(CNC(C)C)sc1C. The number of unbranched alkanes of at least 4 members (excludes halogenated alkanes) is 1. The lowest BCUT2D eigenvalue weighted by molar-refractivity contribution is 0.193. The number of thiophene rings is 1. The van der Waals surface area contributed by atoms with Crippen molar-refractivity contribution in [1.29, 1.82) is 0 Å². The lowest BCUT2D eigenvalue weighted by atomic mass is 10.3. The second kappa shape index (κ2) is 8.85. The molecule has 5 nitrogen and oxygen atoms in total. The normalized spacial score (nSPS) is 12.2. The summed E-state index contributed by atoms with van der Waals surface area (Å²) in [5.41, 5.74) is 0. The molecule has 0 aliphatic heterocycles. The van der Waals surface area contributed by atoms with Gasteiger partial charge in [0.25, 0.3) is 0 Å². The lowest BCUT2D eigenvalue weighted by Crippen LogP contribution is -2.25. The van der Waals surface area contributed by atoms with Gasteiger partial charge in [-0.25, -0.2) is 13.1 Å². The summed E-state index contributed by atoms with van der Waals surface area (Å²) < 4.78 is 32.2. The monoisotopic (exact) mass is 334 g/mol. The first-order chi connectivity index (χ1) is 9.86. The zero-order chi connectivity index (χ0) is 15.9. The van der Waals surface area contributed by atoms with E-state index in [0.717, 1.165) is 22.6 Å². The Labute approximate surface area is 132 Å². The first-order valence-electron chi connectivity index (χ1n) is 7.18. The van der Waals surface area contributed by atoms with Crippen LogP contribution in [0.25, 0.3) is 0 Å². The van der Waals surface area contributed by atoms with Crippen LogP contribution < -0.4 is 10.0 Å². The number of aryl methyl sites for hydroxylation is 1. The second-order valence-electron chi connectivity index (χ2n) is 5.27. The molecule has 0 fully saturated rings. The van der Waals surface area contributed by atoms with Crippen molar-refractivity contribution in [2.75, 3.05) is 20.3 Å². The van der Waals surface area contributed by atoms with Crippen molar-refractivity contribution in [3.63, 3.8) is 0 Å². The van der Waals surface area contributed by atoms with Crippen LogP contribution in [-0.4, -0.2) is 34.7 Å². The van der Waals surface area contributed by atoms with Gasteiger partial charge in [-0.3, -0.25) is 0 Å². The molecule has 1 aromatic rings. The van der Waals surface area contributed by atoms with Crippen molar-refractivity contribution in [3.05, 3.63) is 15.8 Å². The Bertz CT molecular complexity index is 524. The smallest absolute Gasteiger partial charge is 0.241 e. The van der Waals surface area contributed by atoms with Crippen molar-refractivity contribution < 1.29 is 13.2 Å². The number of methoxy groups -OCH3 is 1. The van der Waals surface area contributed by atoms with Gasteiger partial charge in [0.05, 0.1) is 4.90 Å². The molecule has 0 aliphatic carbocycles. The standard InChI is InChI=1S/C14H26N2O3S2/c1-11(2)15-10-13-9-14(12(3)20-13)21(17,18)16-7-5-6-8-19-4/h9,11,15-16H,5-8,10H2,1-4H3. The minimum absolute atomic E-state index is 0.381. The molecular formula is C14H26N2O3S2. The van der Waals surface area contributed by atoms with Crippen LogP contribution in [0.2, 0.25) is 0 Å². The fourth-order valence-corrected chi connectivity index (χ4v) is 4.50. The quantitative estimate of drug-likeness (QED) is 0.644. The molecule has 1 rings (SSSR count). The largest absolute Gasteiger partial charge is 0.385 e. The lowest BCUT2D eigenvalue weighted by Gasteiger charge is -2.06. The molecule has 0 radical (unpaired) electrons. The Morgan fingerprint density at radius 2 is 2.05 bits per heavy atom. The van der Waals surface area contributed by atoms with Crippen molar-refractivity contribution in [2.24, 2.45) is 0 Å². The van der Waals surface area contributed by atoms with E-state index < -0.39 is 10.0 Å². The van der Waals surface area contributed by atoms with Crippen molar-refractivity contribution >= 4 is 21.4 Å². The maximum Gasteiger partial charge on any atom is 0.241 e. The molecule has 0 aromatic carbocycles. The number of nitrogens with one attached hydrogen (secondary N) is 2. The Hall–Kier alpha value is -0.470. The second-order valence-corrected chi connectivity index (χ2v) is 8.34. The van der Waals surface area contributed by atoms with Crippen LogP contribution in [0.15, 0.2) is 11.0 Å². The zero-order valence-electron chi connectivity index (χ0n) is 13.2. The van der Waals surface area contributed by atoms with Crippen molar-refractivity contribution in [1.82, 2.24) is 10.0 Å².